The smallest absolute Gasteiger partial charge is 0.0900 e. The molecule has 4 heteroatoms. The molecule has 1 heterocycles. The molecule has 21 heavy (non-hydrogen) atoms. The Labute approximate surface area is 129 Å². The van der Waals surface area contributed by atoms with E-state index in [0.717, 1.165) is 13.0 Å². The maximum Gasteiger partial charge on any atom is 0.0900 e. The first kappa shape index (κ1) is 18.2. The van der Waals surface area contributed by atoms with E-state index in [9.17, 15) is 5.11 Å². The first-order valence-corrected chi connectivity index (χ1v) is 7.89. The van der Waals surface area contributed by atoms with Crippen molar-refractivity contribution in [2.45, 2.75) is 65.3 Å². The molecule has 0 aliphatic heterocycles. The second kappa shape index (κ2) is 7.97. The van der Waals surface area contributed by atoms with Gasteiger partial charge in [0.15, 0.2) is 0 Å². The highest BCUT2D eigenvalue weighted by atomic mass is 16.5. The van der Waals surface area contributed by atoms with Crippen molar-refractivity contribution in [1.82, 2.24) is 9.47 Å². The van der Waals surface area contributed by atoms with Gasteiger partial charge in [0.1, 0.15) is 0 Å². The summed E-state index contributed by atoms with van der Waals surface area (Å²) < 4.78 is 7.81. The summed E-state index contributed by atoms with van der Waals surface area (Å²) in [7, 11) is 2.06. The van der Waals surface area contributed by atoms with Crippen molar-refractivity contribution in [2.75, 3.05) is 13.2 Å². The summed E-state index contributed by atoms with van der Waals surface area (Å²) in [6.45, 7) is 12.3. The van der Waals surface area contributed by atoms with Crippen molar-refractivity contribution < 1.29 is 9.84 Å². The number of hydrogen-bond donors (Lipinski definition) is 1. The minimum Gasteiger partial charge on any atom is -0.389 e. The lowest BCUT2D eigenvalue weighted by molar-refractivity contribution is -0.0594. The van der Waals surface area contributed by atoms with Crippen molar-refractivity contribution in [3.05, 3.63) is 24.0 Å². The fourth-order valence-electron chi connectivity index (χ4n) is 2.20. The first-order chi connectivity index (χ1) is 9.73. The van der Waals surface area contributed by atoms with Gasteiger partial charge in [0.05, 0.1) is 18.3 Å². The number of aryl methyl sites for hydroxylation is 1. The van der Waals surface area contributed by atoms with Crippen molar-refractivity contribution in [1.29, 1.82) is 0 Å². The lowest BCUT2D eigenvalue weighted by Gasteiger charge is -2.31. The lowest BCUT2D eigenvalue weighted by atomic mass is 10.1. The van der Waals surface area contributed by atoms with Crippen LogP contribution in [0.3, 0.4) is 0 Å². The molecule has 0 aliphatic carbocycles. The Morgan fingerprint density at radius 3 is 2.52 bits per heavy atom. The zero-order valence-electron chi connectivity index (χ0n) is 14.5. The molecular weight excluding hydrogens is 264 g/mol. The van der Waals surface area contributed by atoms with Crippen LogP contribution in [0, 0.1) is 0 Å². The highest BCUT2D eigenvalue weighted by molar-refractivity contribution is 5.06. The fourth-order valence-corrected chi connectivity index (χ4v) is 2.20. The van der Waals surface area contributed by atoms with E-state index in [1.54, 1.807) is 0 Å². The largest absolute Gasteiger partial charge is 0.389 e. The van der Waals surface area contributed by atoms with Gasteiger partial charge < -0.3 is 14.4 Å². The molecule has 0 radical (unpaired) electrons. The van der Waals surface area contributed by atoms with Gasteiger partial charge >= 0.3 is 0 Å². The van der Waals surface area contributed by atoms with E-state index in [1.807, 2.05) is 20.8 Å². The van der Waals surface area contributed by atoms with Gasteiger partial charge in [-0.25, -0.2) is 0 Å². The Balaban J connectivity index is 2.60. The molecule has 0 saturated heterocycles. The van der Waals surface area contributed by atoms with Gasteiger partial charge in [-0.15, -0.1) is 0 Å². The van der Waals surface area contributed by atoms with E-state index in [-0.39, 0.29) is 5.60 Å². The normalized spacial score (nSPS) is 15.4. The summed E-state index contributed by atoms with van der Waals surface area (Å²) in [5.41, 5.74) is 1.06. The summed E-state index contributed by atoms with van der Waals surface area (Å²) in [5.74, 6) is 0. The monoisotopic (exact) mass is 296 g/mol. The molecule has 0 unspecified atom stereocenters. The SMILES string of the molecule is CC[C@@H](C)N(Cc1cccn1C)C[C@@H](O)COC(C)(C)C. The maximum absolute atomic E-state index is 10.3. The molecule has 0 bridgehead atoms. The number of ether oxygens (including phenoxy) is 1. The molecule has 1 rings (SSSR count). The number of nitrogens with zero attached hydrogens (tertiary/aromatic N) is 2. The van der Waals surface area contributed by atoms with E-state index >= 15 is 0 Å². The zero-order valence-corrected chi connectivity index (χ0v) is 14.5. The summed E-state index contributed by atoms with van der Waals surface area (Å²) >= 11 is 0. The number of aliphatic hydroxyl groups excluding tert-OH is 1. The van der Waals surface area contributed by atoms with Crippen LogP contribution in [0.5, 0.6) is 0 Å². The van der Waals surface area contributed by atoms with Crippen LogP contribution in [0.4, 0.5) is 0 Å². The van der Waals surface area contributed by atoms with Crippen molar-refractivity contribution in [3.8, 4) is 0 Å². The molecule has 0 spiro atoms. The maximum atomic E-state index is 10.3. The highest BCUT2D eigenvalue weighted by Crippen LogP contribution is 2.13. The third kappa shape index (κ3) is 6.64. The van der Waals surface area contributed by atoms with Gasteiger partial charge in [-0.2, -0.15) is 0 Å². The molecule has 0 amide bonds. The van der Waals surface area contributed by atoms with Gasteiger partial charge in [-0.3, -0.25) is 4.90 Å². The van der Waals surface area contributed by atoms with E-state index in [1.165, 1.54) is 5.69 Å². The van der Waals surface area contributed by atoms with Crippen molar-refractivity contribution >= 4 is 0 Å². The fraction of sp³-hybridized carbons (Fsp3) is 0.765. The number of aliphatic hydroxyl groups is 1. The van der Waals surface area contributed by atoms with Crippen LogP contribution < -0.4 is 0 Å². The molecule has 4 nitrogen and oxygen atoms in total. The van der Waals surface area contributed by atoms with Crippen LogP contribution in [0.25, 0.3) is 0 Å². The van der Waals surface area contributed by atoms with Crippen LogP contribution in [-0.2, 0) is 18.3 Å². The molecular formula is C17H32N2O2. The topological polar surface area (TPSA) is 37.6 Å². The summed E-state index contributed by atoms with van der Waals surface area (Å²) in [6.07, 6.45) is 2.67. The third-order valence-electron chi connectivity index (χ3n) is 3.78. The summed E-state index contributed by atoms with van der Waals surface area (Å²) in [4.78, 5) is 2.33. The average Bonchev–Trinajstić information content (AvgIpc) is 2.79. The number of aromatic nitrogens is 1. The van der Waals surface area contributed by atoms with E-state index in [2.05, 4.69) is 48.7 Å². The predicted octanol–water partition coefficient (Wildman–Crippen LogP) is 2.80. The number of rotatable bonds is 8. The quantitative estimate of drug-likeness (QED) is 0.801. The van der Waals surface area contributed by atoms with Crippen molar-refractivity contribution in [3.63, 3.8) is 0 Å². The second-order valence-electron chi connectivity index (χ2n) is 6.87. The molecule has 0 saturated carbocycles. The van der Waals surface area contributed by atoms with Crippen LogP contribution in [0.15, 0.2) is 18.3 Å². The molecule has 0 aliphatic rings. The minimum absolute atomic E-state index is 0.208. The molecule has 0 fully saturated rings. The van der Waals surface area contributed by atoms with Gasteiger partial charge in [0.25, 0.3) is 0 Å². The molecule has 122 valence electrons. The van der Waals surface area contributed by atoms with Gasteiger partial charge in [-0.05, 0) is 46.2 Å². The lowest BCUT2D eigenvalue weighted by Crippen LogP contribution is -2.41. The Morgan fingerprint density at radius 2 is 2.05 bits per heavy atom. The summed E-state index contributed by atoms with van der Waals surface area (Å²) in [6, 6.07) is 4.63. The Hall–Kier alpha value is -0.840. The van der Waals surface area contributed by atoms with Gasteiger partial charge in [-0.1, -0.05) is 6.92 Å². The molecule has 0 aromatic carbocycles. The Morgan fingerprint density at radius 1 is 1.38 bits per heavy atom. The molecule has 1 aromatic heterocycles. The summed E-state index contributed by atoms with van der Waals surface area (Å²) in [5, 5.41) is 10.3. The number of hydrogen-bond acceptors (Lipinski definition) is 3. The van der Waals surface area contributed by atoms with Crippen LogP contribution >= 0.6 is 0 Å². The van der Waals surface area contributed by atoms with Crippen LogP contribution in [0.2, 0.25) is 0 Å². The Bertz CT molecular complexity index is 409. The van der Waals surface area contributed by atoms with E-state index < -0.39 is 6.10 Å². The average molecular weight is 296 g/mol. The predicted molar refractivity (Wildman–Crippen MR) is 87.3 cm³/mol. The molecule has 1 aromatic rings. The van der Waals surface area contributed by atoms with E-state index in [0.29, 0.717) is 19.2 Å². The highest BCUT2D eigenvalue weighted by Gasteiger charge is 2.20. The first-order valence-electron chi connectivity index (χ1n) is 7.89. The second-order valence-corrected chi connectivity index (χ2v) is 6.87. The minimum atomic E-state index is -0.460. The molecule has 1 N–H and O–H groups in total. The van der Waals surface area contributed by atoms with Crippen molar-refractivity contribution in [2.24, 2.45) is 7.05 Å². The van der Waals surface area contributed by atoms with E-state index in [4.69, 9.17) is 4.74 Å². The van der Waals surface area contributed by atoms with Gasteiger partial charge in [0.2, 0.25) is 0 Å². The zero-order chi connectivity index (χ0) is 16.0. The van der Waals surface area contributed by atoms with Crippen LogP contribution in [-0.4, -0.2) is 45.5 Å². The van der Waals surface area contributed by atoms with Gasteiger partial charge in [0, 0.05) is 38.1 Å². The third-order valence-corrected chi connectivity index (χ3v) is 3.78. The van der Waals surface area contributed by atoms with Crippen LogP contribution in [0.1, 0.15) is 46.7 Å². The standard InChI is InChI=1S/C17H32N2O2/c1-7-14(2)19(11-15-9-8-10-18(15)6)12-16(20)13-21-17(3,4)5/h8-10,14,16,20H,7,11-13H2,1-6H3/t14-,16-/m1/s1. The Kier molecular flexibility index (Phi) is 6.91. The molecule has 2 atom stereocenters.